The summed E-state index contributed by atoms with van der Waals surface area (Å²) < 4.78 is 83.8. The molecular weight excluding hydrogens is 950 g/mol. The minimum absolute atomic E-state index is 0.0165. The fourth-order valence-electron chi connectivity index (χ4n) is 8.28. The van der Waals surface area contributed by atoms with Crippen LogP contribution in [0.1, 0.15) is 31.5 Å². The van der Waals surface area contributed by atoms with Crippen molar-refractivity contribution >= 4 is 72.5 Å². The monoisotopic (exact) mass is 994 g/mol. The summed E-state index contributed by atoms with van der Waals surface area (Å²) >= 11 is 0. The molecule has 12 N–H and O–H groups in total. The van der Waals surface area contributed by atoms with Crippen molar-refractivity contribution in [1.29, 1.82) is 0 Å². The number of primary amides is 1. The second-order valence-corrected chi connectivity index (χ2v) is 18.3. The van der Waals surface area contributed by atoms with E-state index in [0.29, 0.717) is 0 Å². The summed E-state index contributed by atoms with van der Waals surface area (Å²) in [5, 5.41) is 21.8. The predicted octanol–water partition coefficient (Wildman–Crippen LogP) is -2.03. The molecule has 0 aliphatic carbocycles. The van der Waals surface area contributed by atoms with Gasteiger partial charge in [0.05, 0.1) is 38.3 Å². The maximum atomic E-state index is 14.0. The van der Waals surface area contributed by atoms with E-state index in [1.54, 1.807) is 0 Å². The third-order valence-electron chi connectivity index (χ3n) is 11.4. The lowest BCUT2D eigenvalue weighted by Crippen LogP contribution is -2.38. The number of anilines is 3. The van der Waals surface area contributed by atoms with Crippen LogP contribution in [0.4, 0.5) is 17.5 Å². The van der Waals surface area contributed by atoms with Gasteiger partial charge in [0.15, 0.2) is 53.1 Å². The highest BCUT2D eigenvalue weighted by atomic mass is 31.2. The molecule has 0 bridgehead atoms. The number of aliphatic hydroxyl groups excluding tert-OH is 2. The first-order chi connectivity index (χ1) is 32.5. The Hall–Kier alpha value is -5.54. The van der Waals surface area contributed by atoms with Crippen LogP contribution in [-0.2, 0) is 55.7 Å². The lowest BCUT2D eigenvalue weighted by atomic mass is 10.1. The normalized spacial score (nSPS) is 30.4. The van der Waals surface area contributed by atoms with Crippen molar-refractivity contribution in [3.8, 4) is 0 Å². The SMILES string of the molecule is COC1C(CCC(N)=O)OC(n2cnc3c(N)ncnc32)C1OP(=O)(O)OCC1OC(n2cnc3c(N)ncnc32)C(OP(=O)(O)OCC2OC(n3cnc4c(N)ncnc43)C(O)C2O)C1OC. The van der Waals surface area contributed by atoms with Crippen molar-refractivity contribution in [3.05, 3.63) is 38.0 Å². The number of hydrogen-bond acceptors (Lipinski definition) is 26. The van der Waals surface area contributed by atoms with E-state index >= 15 is 0 Å². The van der Waals surface area contributed by atoms with Gasteiger partial charge in [-0.15, -0.1) is 0 Å². The molecule has 6 aromatic heterocycles. The van der Waals surface area contributed by atoms with Gasteiger partial charge in [0.1, 0.15) is 84.4 Å². The molecule has 6 aromatic rings. The molecule has 9 heterocycles. The van der Waals surface area contributed by atoms with E-state index in [2.05, 4.69) is 44.9 Å². The molecule has 3 saturated heterocycles. The molecule has 3 fully saturated rings. The predicted molar refractivity (Wildman–Crippen MR) is 224 cm³/mol. The maximum Gasteiger partial charge on any atom is 0.472 e. The number of phosphoric acid groups is 2. The van der Waals surface area contributed by atoms with E-state index in [4.69, 9.17) is 64.7 Å². The Bertz CT molecular complexity index is 2910. The standard InChI is InChI=1S/C34H44N16O16P2/c1-58-22-13(3-4-16(35)51)62-33(49-11-46-18-27(37)40-8-43-30(18)49)24(22)65-68(56,57)61-6-15-23(59-2)25(34(64-15)50-12-47-19-28(38)41-9-44-31(19)50)66-67(54,55)60-5-14-20(52)21(53)32(63-14)48-10-45-17-26(36)39-7-42-29(17)48/h7-15,20-25,32-34,52-53H,3-6H2,1-2H3,(H2,35,51)(H,54,55)(H,56,57)(H2,36,39,42)(H2,37,40,43)(H2,38,41,44). The van der Waals surface area contributed by atoms with Crippen LogP contribution in [0, 0.1) is 0 Å². The van der Waals surface area contributed by atoms with E-state index < -0.39 is 108 Å². The summed E-state index contributed by atoms with van der Waals surface area (Å²) in [5.41, 5.74) is 24.3. The Balaban J connectivity index is 0.938. The average Bonchev–Trinajstić information content (AvgIpc) is 4.16. The molecule has 34 heteroatoms. The lowest BCUT2D eigenvalue weighted by molar-refractivity contribution is -0.119. The van der Waals surface area contributed by atoms with Crippen LogP contribution in [0.25, 0.3) is 33.5 Å². The van der Waals surface area contributed by atoms with Gasteiger partial charge in [0.25, 0.3) is 0 Å². The minimum atomic E-state index is -5.23. The summed E-state index contributed by atoms with van der Waals surface area (Å²) in [7, 11) is -7.93. The van der Waals surface area contributed by atoms with E-state index in [0.717, 1.165) is 6.33 Å². The Labute approximate surface area is 381 Å². The fraction of sp³-hybridized carbons (Fsp3) is 0.529. The first-order valence-electron chi connectivity index (χ1n) is 20.3. The van der Waals surface area contributed by atoms with Gasteiger partial charge in [-0.1, -0.05) is 0 Å². The number of fused-ring (bicyclic) bond motifs is 3. The van der Waals surface area contributed by atoms with Crippen molar-refractivity contribution in [1.82, 2.24) is 58.6 Å². The van der Waals surface area contributed by atoms with Crippen LogP contribution in [-0.4, -0.2) is 167 Å². The van der Waals surface area contributed by atoms with Crippen molar-refractivity contribution in [3.63, 3.8) is 0 Å². The summed E-state index contributed by atoms with van der Waals surface area (Å²) in [4.78, 5) is 71.2. The zero-order valence-corrected chi connectivity index (χ0v) is 37.3. The Morgan fingerprint density at radius 1 is 0.603 bits per heavy atom. The van der Waals surface area contributed by atoms with E-state index in [1.807, 2.05) is 0 Å². The van der Waals surface area contributed by atoms with Gasteiger partial charge in [0, 0.05) is 20.6 Å². The second-order valence-electron chi connectivity index (χ2n) is 15.5. The Kier molecular flexibility index (Phi) is 13.1. The van der Waals surface area contributed by atoms with Crippen LogP contribution in [0.2, 0.25) is 0 Å². The molecule has 1 amide bonds. The topological polar surface area (TPSA) is 450 Å². The summed E-state index contributed by atoms with van der Waals surface area (Å²) in [6.45, 7) is -1.59. The van der Waals surface area contributed by atoms with Gasteiger partial charge < -0.3 is 66.6 Å². The molecule has 366 valence electrons. The zero-order chi connectivity index (χ0) is 48.2. The van der Waals surface area contributed by atoms with Crippen molar-refractivity contribution in [2.45, 2.75) is 86.5 Å². The van der Waals surface area contributed by atoms with Crippen LogP contribution in [0.15, 0.2) is 38.0 Å². The number of aromatic nitrogens is 12. The molecule has 3 aliphatic rings. The first-order valence-corrected chi connectivity index (χ1v) is 23.2. The number of imidazole rings is 3. The number of nitrogen functional groups attached to an aromatic ring is 3. The largest absolute Gasteiger partial charge is 0.472 e. The number of aliphatic hydroxyl groups is 2. The Morgan fingerprint density at radius 2 is 1.00 bits per heavy atom. The van der Waals surface area contributed by atoms with Gasteiger partial charge in [0.2, 0.25) is 5.91 Å². The molecule has 0 radical (unpaired) electrons. The highest BCUT2D eigenvalue weighted by Gasteiger charge is 2.54. The first kappa shape index (κ1) is 47.5. The van der Waals surface area contributed by atoms with Crippen LogP contribution in [0.3, 0.4) is 0 Å². The van der Waals surface area contributed by atoms with Crippen LogP contribution in [0.5, 0.6) is 0 Å². The number of nitrogens with zero attached hydrogens (tertiary/aromatic N) is 12. The number of methoxy groups -OCH3 is 2. The van der Waals surface area contributed by atoms with E-state index in [1.165, 1.54) is 59.6 Å². The number of carbonyl (C=O) groups is 1. The van der Waals surface area contributed by atoms with Crippen LogP contribution >= 0.6 is 15.6 Å². The average molecular weight is 995 g/mol. The number of rotatable bonds is 18. The number of amides is 1. The van der Waals surface area contributed by atoms with Gasteiger partial charge in [-0.05, 0) is 6.42 Å². The molecule has 3 aliphatic heterocycles. The zero-order valence-electron chi connectivity index (χ0n) is 35.5. The highest BCUT2D eigenvalue weighted by molar-refractivity contribution is 7.47. The van der Waals surface area contributed by atoms with Gasteiger partial charge in [-0.2, -0.15) is 0 Å². The number of carbonyl (C=O) groups excluding carboxylic acids is 1. The molecule has 32 nitrogen and oxygen atoms in total. The van der Waals surface area contributed by atoms with Gasteiger partial charge >= 0.3 is 15.6 Å². The van der Waals surface area contributed by atoms with Crippen molar-refractivity contribution in [2.24, 2.45) is 5.73 Å². The highest BCUT2D eigenvalue weighted by Crippen LogP contribution is 2.53. The fourth-order valence-corrected chi connectivity index (χ4v) is 10.1. The molecule has 14 atom stereocenters. The molecule has 9 rings (SSSR count). The molecule has 68 heavy (non-hydrogen) atoms. The summed E-state index contributed by atoms with van der Waals surface area (Å²) in [6, 6.07) is 0. The minimum Gasteiger partial charge on any atom is -0.387 e. The summed E-state index contributed by atoms with van der Waals surface area (Å²) in [5.74, 6) is -0.558. The van der Waals surface area contributed by atoms with Gasteiger partial charge in [-0.25, -0.2) is 54.0 Å². The smallest absolute Gasteiger partial charge is 0.387 e. The third-order valence-corrected chi connectivity index (χ3v) is 13.4. The number of hydrogen-bond donors (Lipinski definition) is 8. The number of ether oxygens (including phenoxy) is 5. The van der Waals surface area contributed by atoms with Crippen LogP contribution < -0.4 is 22.9 Å². The maximum absolute atomic E-state index is 14.0. The number of nitrogens with two attached hydrogens (primary N) is 4. The molecule has 0 spiro atoms. The quantitative estimate of drug-likeness (QED) is 0.0430. The van der Waals surface area contributed by atoms with E-state index in [-0.39, 0.29) is 63.8 Å². The van der Waals surface area contributed by atoms with Crippen molar-refractivity contribution < 1.29 is 75.7 Å². The summed E-state index contributed by atoms with van der Waals surface area (Å²) in [6.07, 6.45) is -9.28. The number of phosphoric ester groups is 2. The second kappa shape index (κ2) is 18.8. The molecular formula is C34H44N16O16P2. The molecule has 0 aromatic carbocycles. The Morgan fingerprint density at radius 3 is 1.44 bits per heavy atom. The van der Waals surface area contributed by atoms with E-state index in [9.17, 15) is 33.9 Å². The molecule has 0 saturated carbocycles. The van der Waals surface area contributed by atoms with Crippen molar-refractivity contribution in [2.75, 3.05) is 44.6 Å². The molecule has 14 unspecified atom stereocenters. The third kappa shape index (κ3) is 8.96. The van der Waals surface area contributed by atoms with Gasteiger partial charge in [-0.3, -0.25) is 36.6 Å². The lowest BCUT2D eigenvalue weighted by Gasteiger charge is -2.27.